The zero-order valence-corrected chi connectivity index (χ0v) is 23.4. The van der Waals surface area contributed by atoms with Crippen molar-refractivity contribution >= 4 is 34.8 Å². The molecule has 5 nitrogen and oxygen atoms in total. The highest BCUT2D eigenvalue weighted by atomic mass is 35.5. The second-order valence-electron chi connectivity index (χ2n) is 10.6. The van der Waals surface area contributed by atoms with Crippen molar-refractivity contribution in [1.29, 1.82) is 0 Å². The molecule has 5 aromatic carbocycles. The standard InChI is InChI=1S/C36H27ClN2O3/c37-28-18-12-15-26(23-28)32-24-36(27-16-6-2-7-17-27)33(42-29-19-8-3-9-20-29)35(41)39(36)31-22-11-10-21-30(31)38(32)34(40)25-13-4-1-5-14-25/h1-23,32-33H,24H2/t32-,33-,36+/m0/s1. The maximum absolute atomic E-state index is 14.5. The van der Waals surface area contributed by atoms with E-state index < -0.39 is 17.7 Å². The lowest BCUT2D eigenvalue weighted by Gasteiger charge is -2.56. The maximum Gasteiger partial charge on any atom is 0.271 e. The highest BCUT2D eigenvalue weighted by molar-refractivity contribution is 6.30. The van der Waals surface area contributed by atoms with Crippen LogP contribution < -0.4 is 14.5 Å². The molecular weight excluding hydrogens is 544 g/mol. The van der Waals surface area contributed by atoms with Gasteiger partial charge in [-0.1, -0.05) is 103 Å². The summed E-state index contributed by atoms with van der Waals surface area (Å²) in [6.07, 6.45) is -0.433. The van der Waals surface area contributed by atoms with Crippen LogP contribution in [0.3, 0.4) is 0 Å². The van der Waals surface area contributed by atoms with E-state index in [2.05, 4.69) is 0 Å². The van der Waals surface area contributed by atoms with Gasteiger partial charge >= 0.3 is 0 Å². The summed E-state index contributed by atoms with van der Waals surface area (Å²) in [5.41, 5.74) is 2.76. The van der Waals surface area contributed by atoms with Crippen molar-refractivity contribution in [3.63, 3.8) is 0 Å². The van der Waals surface area contributed by atoms with Gasteiger partial charge in [0.05, 0.1) is 17.4 Å². The topological polar surface area (TPSA) is 49.9 Å². The van der Waals surface area contributed by atoms with E-state index in [1.165, 1.54) is 0 Å². The van der Waals surface area contributed by atoms with Gasteiger partial charge in [-0.25, -0.2) is 0 Å². The first-order chi connectivity index (χ1) is 20.6. The first-order valence-electron chi connectivity index (χ1n) is 13.9. The molecule has 1 saturated heterocycles. The number of benzene rings is 5. The monoisotopic (exact) mass is 570 g/mol. The molecule has 6 heteroatoms. The Hall–Kier alpha value is -4.87. The van der Waals surface area contributed by atoms with Gasteiger partial charge in [0.2, 0.25) is 6.10 Å². The fraction of sp³-hybridized carbons (Fsp3) is 0.111. The first-order valence-corrected chi connectivity index (χ1v) is 14.3. The Labute approximate surface area is 249 Å². The SMILES string of the molecule is O=C(c1ccccc1)N1c2ccccc2N2C(=O)[C@H](Oc3ccccc3)[C@]2(c2ccccc2)C[C@H]1c1cccc(Cl)c1. The van der Waals surface area contributed by atoms with Gasteiger partial charge in [-0.15, -0.1) is 0 Å². The third-order valence-corrected chi connectivity index (χ3v) is 8.45. The molecule has 5 aromatic rings. The van der Waals surface area contributed by atoms with Gasteiger partial charge in [-0.3, -0.25) is 19.4 Å². The molecule has 2 amide bonds. The van der Waals surface area contributed by atoms with Crippen molar-refractivity contribution in [1.82, 2.24) is 0 Å². The van der Waals surface area contributed by atoms with E-state index in [1.807, 2.05) is 149 Å². The Morgan fingerprint density at radius 1 is 0.738 bits per heavy atom. The summed E-state index contributed by atoms with van der Waals surface area (Å²) in [6, 6.07) is 43.4. The van der Waals surface area contributed by atoms with Crippen molar-refractivity contribution in [3.05, 3.63) is 161 Å². The number of β-lactam (4-membered cyclic amide) rings is 1. The number of carbonyl (C=O) groups excluding carboxylic acids is 2. The fourth-order valence-corrected chi connectivity index (χ4v) is 6.57. The molecule has 0 aromatic heterocycles. The number of anilines is 2. The summed E-state index contributed by atoms with van der Waals surface area (Å²) < 4.78 is 6.53. The van der Waals surface area contributed by atoms with Crippen LogP contribution in [0, 0.1) is 0 Å². The van der Waals surface area contributed by atoms with Crippen LogP contribution in [0.15, 0.2) is 140 Å². The number of carbonyl (C=O) groups is 2. The Balaban J connectivity index is 1.49. The molecule has 2 aliphatic rings. The van der Waals surface area contributed by atoms with Gasteiger partial charge in [0.25, 0.3) is 11.8 Å². The predicted molar refractivity (Wildman–Crippen MR) is 165 cm³/mol. The number of amides is 2. The molecule has 2 aliphatic heterocycles. The van der Waals surface area contributed by atoms with Gasteiger partial charge in [-0.05, 0) is 59.7 Å². The Morgan fingerprint density at radius 2 is 1.36 bits per heavy atom. The van der Waals surface area contributed by atoms with Crippen molar-refractivity contribution < 1.29 is 14.3 Å². The third-order valence-electron chi connectivity index (χ3n) is 8.22. The van der Waals surface area contributed by atoms with Crippen molar-refractivity contribution in [2.45, 2.75) is 24.1 Å². The van der Waals surface area contributed by atoms with Gasteiger partial charge in [0.15, 0.2) is 0 Å². The summed E-state index contributed by atoms with van der Waals surface area (Å²) in [5.74, 6) is 0.292. The summed E-state index contributed by atoms with van der Waals surface area (Å²) in [4.78, 5) is 32.3. The number of ether oxygens (including phenoxy) is 1. The molecule has 1 fully saturated rings. The first kappa shape index (κ1) is 26.1. The zero-order chi connectivity index (χ0) is 28.7. The lowest BCUT2D eigenvalue weighted by atomic mass is 9.70. The van der Waals surface area contributed by atoms with Crippen LogP contribution >= 0.6 is 11.6 Å². The van der Waals surface area contributed by atoms with E-state index in [0.29, 0.717) is 34.1 Å². The third kappa shape index (κ3) is 4.16. The normalized spacial score (nSPS) is 21.0. The number of halogens is 1. The summed E-state index contributed by atoms with van der Waals surface area (Å²) in [5, 5.41) is 0.574. The minimum absolute atomic E-state index is 0.158. The average Bonchev–Trinajstić information content (AvgIpc) is 3.16. The van der Waals surface area contributed by atoms with Crippen LogP contribution in [0.4, 0.5) is 11.4 Å². The van der Waals surface area contributed by atoms with Crippen molar-refractivity contribution in [2.75, 3.05) is 9.80 Å². The number of fused-ring (bicyclic) bond motifs is 3. The molecule has 206 valence electrons. The number of para-hydroxylation sites is 3. The number of nitrogens with zero attached hydrogens (tertiary/aromatic N) is 2. The van der Waals surface area contributed by atoms with Crippen molar-refractivity contribution in [2.24, 2.45) is 0 Å². The predicted octanol–water partition coefficient (Wildman–Crippen LogP) is 7.82. The quantitative estimate of drug-likeness (QED) is 0.202. The van der Waals surface area contributed by atoms with E-state index in [1.54, 1.807) is 0 Å². The Morgan fingerprint density at radius 3 is 2.05 bits per heavy atom. The van der Waals surface area contributed by atoms with Gasteiger partial charge < -0.3 is 4.74 Å². The van der Waals surface area contributed by atoms with Crippen LogP contribution in [0.25, 0.3) is 0 Å². The Bertz CT molecular complexity index is 1760. The van der Waals surface area contributed by atoms with E-state index in [0.717, 1.165) is 11.1 Å². The van der Waals surface area contributed by atoms with E-state index >= 15 is 0 Å². The molecule has 0 spiro atoms. The molecule has 0 radical (unpaired) electrons. The van der Waals surface area contributed by atoms with Crippen LogP contribution in [-0.2, 0) is 10.3 Å². The molecule has 0 unspecified atom stereocenters. The van der Waals surface area contributed by atoms with E-state index in [9.17, 15) is 9.59 Å². The minimum Gasteiger partial charge on any atom is -0.478 e. The maximum atomic E-state index is 14.5. The van der Waals surface area contributed by atoms with Gasteiger partial charge in [0, 0.05) is 17.0 Å². The number of hydrogen-bond donors (Lipinski definition) is 0. The van der Waals surface area contributed by atoms with Crippen molar-refractivity contribution in [3.8, 4) is 5.75 Å². The van der Waals surface area contributed by atoms with E-state index in [-0.39, 0.29) is 11.8 Å². The van der Waals surface area contributed by atoms with Crippen LogP contribution in [0.5, 0.6) is 5.75 Å². The number of hydrogen-bond acceptors (Lipinski definition) is 3. The lowest BCUT2D eigenvalue weighted by molar-refractivity contribution is -0.142. The molecule has 3 atom stereocenters. The van der Waals surface area contributed by atoms with Crippen LogP contribution in [0.2, 0.25) is 5.02 Å². The lowest BCUT2D eigenvalue weighted by Crippen LogP contribution is -2.74. The molecule has 0 aliphatic carbocycles. The van der Waals surface area contributed by atoms with Gasteiger partial charge in [0.1, 0.15) is 11.3 Å². The fourth-order valence-electron chi connectivity index (χ4n) is 6.37. The average molecular weight is 571 g/mol. The minimum atomic E-state index is -0.914. The molecule has 0 saturated carbocycles. The smallest absolute Gasteiger partial charge is 0.271 e. The highest BCUT2D eigenvalue weighted by Crippen LogP contribution is 2.57. The largest absolute Gasteiger partial charge is 0.478 e. The van der Waals surface area contributed by atoms with Crippen LogP contribution in [-0.4, -0.2) is 17.9 Å². The van der Waals surface area contributed by atoms with Crippen LogP contribution in [0.1, 0.15) is 33.9 Å². The molecule has 0 bridgehead atoms. The van der Waals surface area contributed by atoms with Gasteiger partial charge in [-0.2, -0.15) is 0 Å². The number of rotatable bonds is 5. The second-order valence-corrected chi connectivity index (χ2v) is 11.0. The summed E-state index contributed by atoms with van der Waals surface area (Å²) in [6.45, 7) is 0. The second kappa shape index (κ2) is 10.5. The summed E-state index contributed by atoms with van der Waals surface area (Å²) in [7, 11) is 0. The summed E-state index contributed by atoms with van der Waals surface area (Å²) >= 11 is 6.55. The molecular formula is C36H27ClN2O3. The molecule has 2 heterocycles. The zero-order valence-electron chi connectivity index (χ0n) is 22.6. The van der Waals surface area contributed by atoms with E-state index in [4.69, 9.17) is 16.3 Å². The molecule has 42 heavy (non-hydrogen) atoms. The Kier molecular flexibility index (Phi) is 6.52. The highest BCUT2D eigenvalue weighted by Gasteiger charge is 2.66. The molecule has 7 rings (SSSR count). The molecule has 0 N–H and O–H groups in total.